The van der Waals surface area contributed by atoms with Crippen LogP contribution in [0.2, 0.25) is 0 Å². The highest BCUT2D eigenvalue weighted by Crippen LogP contribution is 2.07. The van der Waals surface area contributed by atoms with Gasteiger partial charge in [-0.25, -0.2) is 0 Å². The summed E-state index contributed by atoms with van der Waals surface area (Å²) >= 11 is 12.7. The molecular weight excluding hydrogens is 179 g/mol. The molecule has 0 heterocycles. The Balaban J connectivity index is 0. The molecule has 5 heavy (non-hydrogen) atoms. The van der Waals surface area contributed by atoms with Crippen molar-refractivity contribution in [1.29, 1.82) is 0 Å². The maximum atomic E-state index is 4.96. The van der Waals surface area contributed by atoms with Crippen LogP contribution in [0.5, 0.6) is 0 Å². The van der Waals surface area contributed by atoms with Crippen LogP contribution in [0.3, 0.4) is 0 Å². The summed E-state index contributed by atoms with van der Waals surface area (Å²) in [7, 11) is 0. The Kier molecular flexibility index (Phi) is 9.43. The van der Waals surface area contributed by atoms with Gasteiger partial charge in [-0.2, -0.15) is 0 Å². The van der Waals surface area contributed by atoms with E-state index in [2.05, 4.69) is 15.9 Å². The normalized spacial score (nSPS) is 7.20. The van der Waals surface area contributed by atoms with Crippen LogP contribution in [-0.4, -0.2) is 9.22 Å². The van der Waals surface area contributed by atoms with E-state index in [1.807, 2.05) is 0 Å². The average molecular weight is 182 g/mol. The zero-order valence-corrected chi connectivity index (χ0v) is 5.31. The van der Waals surface area contributed by atoms with Gasteiger partial charge in [-0.1, -0.05) is 39.1 Å². The highest BCUT2D eigenvalue weighted by Gasteiger charge is 1.78. The number of rotatable bonds is 0. The lowest BCUT2D eigenvalue weighted by Crippen LogP contribution is -1.53. The van der Waals surface area contributed by atoms with Crippen LogP contribution in [0.4, 0.5) is 0 Å². The number of hydrogen-bond donors (Lipinski definition) is 0. The Bertz CT molecular complexity index is 14.4. The Hall–Kier alpha value is 1.02. The van der Waals surface area contributed by atoms with Gasteiger partial charge >= 0.3 is 0 Å². The molecule has 0 aromatic rings. The largest absolute Gasteiger partial charge is 0.412 e. The quantitative estimate of drug-likeness (QED) is 0.505. The van der Waals surface area contributed by atoms with Gasteiger partial charge in [0.2, 0.25) is 0 Å². The molecule has 0 aromatic carbocycles. The second kappa shape index (κ2) is 5.02. The molecule has 0 unspecified atom stereocenters. The van der Waals surface area contributed by atoms with Crippen LogP contribution in [0, 0.1) is 0 Å². The van der Waals surface area contributed by atoms with Crippen molar-refractivity contribution in [3.8, 4) is 0 Å². The number of alkyl halides is 3. The van der Waals surface area contributed by atoms with Crippen LogP contribution in [0.1, 0.15) is 0 Å². The minimum atomic E-state index is -0.410. The number of halogens is 3. The fraction of sp³-hybridized carbons (Fsp3) is 1.00. The summed E-state index contributed by atoms with van der Waals surface area (Å²) < 4.78 is -0.410. The molecule has 2 N–H and O–H groups in total. The second-order valence-electron chi connectivity index (χ2n) is 0.247. The van der Waals surface area contributed by atoms with Gasteiger partial charge in [-0.05, 0) is 0 Å². The molecule has 1 nitrogen and oxygen atoms in total. The first-order chi connectivity index (χ1) is 1.73. The van der Waals surface area contributed by atoms with E-state index in [1.54, 1.807) is 0 Å². The van der Waals surface area contributed by atoms with E-state index in [1.165, 1.54) is 0 Å². The van der Waals surface area contributed by atoms with Crippen LogP contribution < -0.4 is 0 Å². The Morgan fingerprint density at radius 2 is 1.40 bits per heavy atom. The minimum absolute atomic E-state index is 0. The fourth-order valence-electron chi connectivity index (χ4n) is 0. The molecule has 0 aliphatic heterocycles. The highest BCUT2D eigenvalue weighted by atomic mass is 79.9. The first-order valence-corrected chi connectivity index (χ1v) is 2.44. The van der Waals surface area contributed by atoms with Gasteiger partial charge in [0, 0.05) is 0 Å². The summed E-state index contributed by atoms with van der Waals surface area (Å²) in [5.74, 6) is 0. The summed E-state index contributed by atoms with van der Waals surface area (Å²) in [6.07, 6.45) is 0. The molecule has 0 saturated carbocycles. The third kappa shape index (κ3) is 44.0. The van der Waals surface area contributed by atoms with E-state index in [9.17, 15) is 0 Å². The smallest absolute Gasteiger partial charge is 0.162 e. The van der Waals surface area contributed by atoms with Gasteiger partial charge in [-0.3, -0.25) is 0 Å². The maximum absolute atomic E-state index is 4.96. The van der Waals surface area contributed by atoms with Gasteiger partial charge in [-0.15, -0.1) is 0 Å². The SMILES string of the molecule is ClC(Cl)Br.O. The Labute approximate surface area is 48.7 Å². The van der Waals surface area contributed by atoms with E-state index >= 15 is 0 Å². The zero-order valence-electron chi connectivity index (χ0n) is 2.21. The van der Waals surface area contributed by atoms with E-state index in [0.29, 0.717) is 0 Å². The molecule has 0 fully saturated rings. The second-order valence-corrected chi connectivity index (χ2v) is 3.31. The first-order valence-electron chi connectivity index (χ1n) is 0.655. The predicted octanol–water partition coefficient (Wildman–Crippen LogP) is 1.32. The topological polar surface area (TPSA) is 31.5 Å². The molecule has 0 radical (unpaired) electrons. The van der Waals surface area contributed by atoms with Crippen molar-refractivity contribution in [2.45, 2.75) is 3.75 Å². The standard InChI is InChI=1S/CHBrCl2.H2O/c2-1(3)4;/h1H;1H2. The van der Waals surface area contributed by atoms with E-state index < -0.39 is 3.75 Å². The van der Waals surface area contributed by atoms with Gasteiger partial charge < -0.3 is 5.48 Å². The highest BCUT2D eigenvalue weighted by molar-refractivity contribution is 9.10. The summed E-state index contributed by atoms with van der Waals surface area (Å²) in [4.78, 5) is 0. The third-order valence-corrected chi connectivity index (χ3v) is 0. The van der Waals surface area contributed by atoms with E-state index in [-0.39, 0.29) is 5.48 Å². The molecule has 34 valence electrons. The van der Waals surface area contributed by atoms with Gasteiger partial charge in [0.15, 0.2) is 3.75 Å². The summed E-state index contributed by atoms with van der Waals surface area (Å²) in [5.41, 5.74) is 0. The zero-order chi connectivity index (χ0) is 3.58. The van der Waals surface area contributed by atoms with E-state index in [0.717, 1.165) is 0 Å². The first kappa shape index (κ1) is 9.39. The lowest BCUT2D eigenvalue weighted by molar-refractivity contribution is 0.824. The maximum Gasteiger partial charge on any atom is 0.162 e. The Morgan fingerprint density at radius 3 is 1.40 bits per heavy atom. The average Bonchev–Trinajstić information content (AvgIpc) is 0.811. The molecule has 0 aliphatic rings. The van der Waals surface area contributed by atoms with Crippen molar-refractivity contribution in [3.63, 3.8) is 0 Å². The molecule has 4 heteroatoms. The van der Waals surface area contributed by atoms with Crippen LogP contribution in [0.25, 0.3) is 0 Å². The van der Waals surface area contributed by atoms with Crippen molar-refractivity contribution in [1.82, 2.24) is 0 Å². The Morgan fingerprint density at radius 1 is 1.40 bits per heavy atom. The summed E-state index contributed by atoms with van der Waals surface area (Å²) in [5, 5.41) is 0. The molecule has 0 spiro atoms. The molecule has 0 saturated heterocycles. The lowest BCUT2D eigenvalue weighted by Gasteiger charge is -1.69. The van der Waals surface area contributed by atoms with Crippen molar-refractivity contribution in [2.24, 2.45) is 0 Å². The van der Waals surface area contributed by atoms with Crippen LogP contribution in [-0.2, 0) is 0 Å². The van der Waals surface area contributed by atoms with Crippen LogP contribution >= 0.6 is 39.1 Å². The van der Waals surface area contributed by atoms with Gasteiger partial charge in [0.05, 0.1) is 0 Å². The third-order valence-electron chi connectivity index (χ3n) is 0. The van der Waals surface area contributed by atoms with Crippen molar-refractivity contribution < 1.29 is 5.48 Å². The molecular formula is CH3BrCl2O. The molecule has 0 aliphatic carbocycles. The van der Waals surface area contributed by atoms with Crippen LogP contribution in [0.15, 0.2) is 0 Å². The van der Waals surface area contributed by atoms with E-state index in [4.69, 9.17) is 23.2 Å². The lowest BCUT2D eigenvalue weighted by atomic mass is 11.9. The molecule has 0 aromatic heterocycles. The molecule has 0 bridgehead atoms. The van der Waals surface area contributed by atoms with Gasteiger partial charge in [0.1, 0.15) is 0 Å². The number of hydrogen-bond acceptors (Lipinski definition) is 0. The molecule has 0 atom stereocenters. The summed E-state index contributed by atoms with van der Waals surface area (Å²) in [6.45, 7) is 0. The predicted molar refractivity (Wildman–Crippen MR) is 28.0 cm³/mol. The summed E-state index contributed by atoms with van der Waals surface area (Å²) in [6, 6.07) is 0. The van der Waals surface area contributed by atoms with Gasteiger partial charge in [0.25, 0.3) is 0 Å². The fourth-order valence-corrected chi connectivity index (χ4v) is 0. The molecule has 0 rings (SSSR count). The minimum Gasteiger partial charge on any atom is -0.412 e. The van der Waals surface area contributed by atoms with Crippen molar-refractivity contribution in [3.05, 3.63) is 0 Å². The van der Waals surface area contributed by atoms with Crippen molar-refractivity contribution in [2.75, 3.05) is 0 Å². The molecule has 0 amide bonds. The monoisotopic (exact) mass is 180 g/mol. The van der Waals surface area contributed by atoms with Crippen molar-refractivity contribution >= 4 is 39.1 Å².